The van der Waals surface area contributed by atoms with Crippen LogP contribution in [0.2, 0.25) is 0 Å². The van der Waals surface area contributed by atoms with Crippen molar-refractivity contribution in [3.8, 4) is 6.07 Å². The predicted octanol–water partition coefficient (Wildman–Crippen LogP) is 1.66. The van der Waals surface area contributed by atoms with E-state index in [0.29, 0.717) is 18.2 Å². The molecule has 1 aromatic heterocycles. The highest BCUT2D eigenvalue weighted by molar-refractivity contribution is 5.38. The summed E-state index contributed by atoms with van der Waals surface area (Å²) in [6.07, 6.45) is 0. The van der Waals surface area contributed by atoms with E-state index in [1.165, 1.54) is 0 Å². The number of nitriles is 1. The van der Waals surface area contributed by atoms with Crippen molar-refractivity contribution in [3.05, 3.63) is 17.5 Å². The van der Waals surface area contributed by atoms with Crippen LogP contribution in [-0.2, 0) is 4.74 Å². The molecule has 2 heterocycles. The molecule has 0 amide bonds. The summed E-state index contributed by atoms with van der Waals surface area (Å²) in [6.45, 7) is 9.42. The van der Waals surface area contributed by atoms with E-state index in [2.05, 4.69) is 27.9 Å². The molecule has 0 spiro atoms. The first-order valence-electron chi connectivity index (χ1n) is 6.08. The van der Waals surface area contributed by atoms with Crippen molar-refractivity contribution in [2.75, 3.05) is 18.1 Å². The maximum absolute atomic E-state index is 8.97. The molecule has 0 radical (unpaired) electrons. The lowest BCUT2D eigenvalue weighted by Crippen LogP contribution is -2.53. The Labute approximate surface area is 107 Å². The van der Waals surface area contributed by atoms with E-state index in [1.807, 2.05) is 20.8 Å². The molecule has 1 saturated heterocycles. The molecular weight excluding hydrogens is 228 g/mol. The van der Waals surface area contributed by atoms with Crippen molar-refractivity contribution in [1.82, 2.24) is 9.97 Å². The quantitative estimate of drug-likeness (QED) is 0.754. The summed E-state index contributed by atoms with van der Waals surface area (Å²) < 4.78 is 5.75. The first kappa shape index (κ1) is 12.8. The maximum atomic E-state index is 8.97. The Morgan fingerprint density at radius 1 is 1.50 bits per heavy atom. The van der Waals surface area contributed by atoms with Crippen LogP contribution in [0, 0.1) is 18.3 Å². The summed E-state index contributed by atoms with van der Waals surface area (Å²) in [5.41, 5.74) is 1.01. The second-order valence-electron chi connectivity index (χ2n) is 5.35. The minimum Gasteiger partial charge on any atom is -0.372 e. The molecule has 1 fully saturated rings. The Bertz CT molecular complexity index is 492. The molecule has 1 atom stereocenters. The first-order valence-corrected chi connectivity index (χ1v) is 6.08. The molecule has 0 bridgehead atoms. The Morgan fingerprint density at radius 3 is 2.89 bits per heavy atom. The van der Waals surface area contributed by atoms with Gasteiger partial charge in [0.2, 0.25) is 5.95 Å². The summed E-state index contributed by atoms with van der Waals surface area (Å²) in [7, 11) is 0. The Kier molecular flexibility index (Phi) is 3.22. The van der Waals surface area contributed by atoms with Crippen molar-refractivity contribution >= 4 is 5.95 Å². The minimum atomic E-state index is -0.216. The molecule has 0 unspecified atom stereocenters. The highest BCUT2D eigenvalue weighted by Crippen LogP contribution is 2.24. The average Bonchev–Trinajstić information content (AvgIpc) is 2.31. The van der Waals surface area contributed by atoms with Crippen LogP contribution in [0.5, 0.6) is 0 Å². The zero-order valence-corrected chi connectivity index (χ0v) is 11.3. The molecule has 18 heavy (non-hydrogen) atoms. The summed E-state index contributed by atoms with van der Waals surface area (Å²) in [5.74, 6) is 0.621. The van der Waals surface area contributed by atoms with Crippen LogP contribution >= 0.6 is 0 Å². The molecule has 5 heteroatoms. The number of hydrogen-bond acceptors (Lipinski definition) is 5. The molecule has 1 aliphatic rings. The smallest absolute Gasteiger partial charge is 0.227 e. The molecule has 96 valence electrons. The maximum Gasteiger partial charge on any atom is 0.227 e. The van der Waals surface area contributed by atoms with E-state index < -0.39 is 0 Å². The van der Waals surface area contributed by atoms with Crippen LogP contribution in [0.3, 0.4) is 0 Å². The Morgan fingerprint density at radius 2 is 2.22 bits per heavy atom. The van der Waals surface area contributed by atoms with Crippen molar-refractivity contribution < 1.29 is 4.74 Å². The lowest BCUT2D eigenvalue weighted by molar-refractivity contribution is -0.0426. The topological polar surface area (TPSA) is 62.0 Å². The SMILES string of the molecule is Cc1cc(C#N)nc(N2CC(C)(C)OC[C@@H]2C)n1. The van der Waals surface area contributed by atoms with E-state index in [0.717, 1.165) is 12.2 Å². The molecule has 0 aromatic carbocycles. The van der Waals surface area contributed by atoms with Crippen LogP contribution in [0.15, 0.2) is 6.07 Å². The van der Waals surface area contributed by atoms with Gasteiger partial charge in [0.25, 0.3) is 0 Å². The number of rotatable bonds is 1. The fourth-order valence-electron chi connectivity index (χ4n) is 2.05. The van der Waals surface area contributed by atoms with E-state index in [9.17, 15) is 0 Å². The number of aryl methyl sites for hydroxylation is 1. The lowest BCUT2D eigenvalue weighted by Gasteiger charge is -2.42. The largest absolute Gasteiger partial charge is 0.372 e. The van der Waals surface area contributed by atoms with Gasteiger partial charge in [-0.05, 0) is 33.8 Å². The zero-order valence-electron chi connectivity index (χ0n) is 11.3. The number of morpholine rings is 1. The molecule has 5 nitrogen and oxygen atoms in total. The average molecular weight is 246 g/mol. The lowest BCUT2D eigenvalue weighted by atomic mass is 10.1. The number of aromatic nitrogens is 2. The van der Waals surface area contributed by atoms with Gasteiger partial charge >= 0.3 is 0 Å². The van der Waals surface area contributed by atoms with Gasteiger partial charge < -0.3 is 9.64 Å². The van der Waals surface area contributed by atoms with Gasteiger partial charge in [0, 0.05) is 12.2 Å². The molecule has 2 rings (SSSR count). The van der Waals surface area contributed by atoms with E-state index >= 15 is 0 Å². The van der Waals surface area contributed by atoms with Crippen LogP contribution < -0.4 is 4.90 Å². The third-order valence-corrected chi connectivity index (χ3v) is 3.01. The van der Waals surface area contributed by atoms with Gasteiger partial charge in [-0.3, -0.25) is 0 Å². The second-order valence-corrected chi connectivity index (χ2v) is 5.35. The van der Waals surface area contributed by atoms with Gasteiger partial charge in [0.05, 0.1) is 18.2 Å². The Balaban J connectivity index is 2.35. The van der Waals surface area contributed by atoms with Gasteiger partial charge in [0.15, 0.2) is 0 Å². The molecule has 0 saturated carbocycles. The molecule has 1 aliphatic heterocycles. The van der Waals surface area contributed by atoms with Crippen LogP contribution in [-0.4, -0.2) is 34.8 Å². The highest BCUT2D eigenvalue weighted by Gasteiger charge is 2.33. The van der Waals surface area contributed by atoms with Gasteiger partial charge in [-0.1, -0.05) is 0 Å². The van der Waals surface area contributed by atoms with Gasteiger partial charge in [-0.25, -0.2) is 9.97 Å². The van der Waals surface area contributed by atoms with Gasteiger partial charge in [-0.15, -0.1) is 0 Å². The van der Waals surface area contributed by atoms with E-state index in [4.69, 9.17) is 10.00 Å². The van der Waals surface area contributed by atoms with Gasteiger partial charge in [0.1, 0.15) is 11.8 Å². The minimum absolute atomic E-state index is 0.214. The molecule has 1 aromatic rings. The van der Waals surface area contributed by atoms with Crippen LogP contribution in [0.25, 0.3) is 0 Å². The number of hydrogen-bond donors (Lipinski definition) is 0. The number of nitrogens with zero attached hydrogens (tertiary/aromatic N) is 4. The molecular formula is C13H18N4O. The van der Waals surface area contributed by atoms with Crippen molar-refractivity contribution in [2.45, 2.75) is 39.3 Å². The number of anilines is 1. The number of ether oxygens (including phenoxy) is 1. The molecule has 0 N–H and O–H groups in total. The van der Waals surface area contributed by atoms with Crippen molar-refractivity contribution in [1.29, 1.82) is 5.26 Å². The third-order valence-electron chi connectivity index (χ3n) is 3.01. The van der Waals surface area contributed by atoms with Crippen LogP contribution in [0.1, 0.15) is 32.2 Å². The van der Waals surface area contributed by atoms with E-state index in [-0.39, 0.29) is 11.6 Å². The fraction of sp³-hybridized carbons (Fsp3) is 0.615. The fourth-order valence-corrected chi connectivity index (χ4v) is 2.05. The normalized spacial score (nSPS) is 22.6. The monoisotopic (exact) mass is 246 g/mol. The second kappa shape index (κ2) is 4.54. The van der Waals surface area contributed by atoms with Crippen LogP contribution in [0.4, 0.5) is 5.95 Å². The standard InChI is InChI=1S/C13H18N4O/c1-9-5-11(6-14)16-12(15-9)17-8-13(3,4)18-7-10(17)2/h5,10H,7-8H2,1-4H3/t10-/m0/s1. The summed E-state index contributed by atoms with van der Waals surface area (Å²) in [6, 6.07) is 3.98. The molecule has 0 aliphatic carbocycles. The highest BCUT2D eigenvalue weighted by atomic mass is 16.5. The Hall–Kier alpha value is -1.67. The van der Waals surface area contributed by atoms with E-state index in [1.54, 1.807) is 6.07 Å². The van der Waals surface area contributed by atoms with Crippen molar-refractivity contribution in [3.63, 3.8) is 0 Å². The zero-order chi connectivity index (χ0) is 13.3. The first-order chi connectivity index (χ1) is 8.41. The van der Waals surface area contributed by atoms with Crippen molar-refractivity contribution in [2.24, 2.45) is 0 Å². The predicted molar refractivity (Wildman–Crippen MR) is 68.3 cm³/mol. The summed E-state index contributed by atoms with van der Waals surface area (Å²) >= 11 is 0. The third kappa shape index (κ3) is 2.59. The summed E-state index contributed by atoms with van der Waals surface area (Å²) in [4.78, 5) is 10.8. The summed E-state index contributed by atoms with van der Waals surface area (Å²) in [5, 5.41) is 8.97. The van der Waals surface area contributed by atoms with Gasteiger partial charge in [-0.2, -0.15) is 5.26 Å².